The van der Waals surface area contributed by atoms with Gasteiger partial charge in [0.25, 0.3) is 0 Å². The van der Waals surface area contributed by atoms with Crippen LogP contribution < -0.4 is 0 Å². The van der Waals surface area contributed by atoms with E-state index in [1.54, 1.807) is 24.3 Å². The highest BCUT2D eigenvalue weighted by Gasteiger charge is 2.39. The van der Waals surface area contributed by atoms with Crippen molar-refractivity contribution in [3.05, 3.63) is 65.8 Å². The van der Waals surface area contributed by atoms with Crippen molar-refractivity contribution >= 4 is 10.0 Å². The first kappa shape index (κ1) is 19.7. The molecule has 8 heteroatoms. The maximum atomic E-state index is 13.5. The molecule has 1 aliphatic rings. The minimum Gasteiger partial charge on any atom is -0.337 e. The summed E-state index contributed by atoms with van der Waals surface area (Å²) in [5, 5.41) is 3.92. The summed E-state index contributed by atoms with van der Waals surface area (Å²) in [6.07, 6.45) is 1.29. The van der Waals surface area contributed by atoms with Crippen LogP contribution in [-0.4, -0.2) is 29.4 Å². The summed E-state index contributed by atoms with van der Waals surface area (Å²) in [5.74, 6) is 0.392. The van der Waals surface area contributed by atoms with Crippen molar-refractivity contribution in [1.29, 1.82) is 0 Å². The second-order valence-electron chi connectivity index (χ2n) is 7.46. The van der Waals surface area contributed by atoms with Crippen molar-refractivity contribution < 1.29 is 17.3 Å². The molecule has 0 spiro atoms. The lowest BCUT2D eigenvalue weighted by atomic mass is 10.0. The molecule has 29 heavy (non-hydrogen) atoms. The number of nitrogens with zero attached hydrogens (tertiary/aromatic N) is 3. The van der Waals surface area contributed by atoms with Gasteiger partial charge in [0.1, 0.15) is 11.9 Å². The van der Waals surface area contributed by atoms with Gasteiger partial charge in [-0.3, -0.25) is 0 Å². The van der Waals surface area contributed by atoms with E-state index in [-0.39, 0.29) is 16.6 Å². The van der Waals surface area contributed by atoms with Crippen LogP contribution >= 0.6 is 0 Å². The first-order valence-corrected chi connectivity index (χ1v) is 11.0. The van der Waals surface area contributed by atoms with E-state index in [2.05, 4.69) is 24.0 Å². The molecule has 0 N–H and O–H groups in total. The highest BCUT2D eigenvalue weighted by molar-refractivity contribution is 7.89. The summed E-state index contributed by atoms with van der Waals surface area (Å²) >= 11 is 0. The van der Waals surface area contributed by atoms with E-state index in [1.807, 2.05) is 12.1 Å². The van der Waals surface area contributed by atoms with Gasteiger partial charge in [0.15, 0.2) is 0 Å². The van der Waals surface area contributed by atoms with E-state index < -0.39 is 21.9 Å². The van der Waals surface area contributed by atoms with Crippen LogP contribution in [-0.2, 0) is 10.0 Å². The van der Waals surface area contributed by atoms with Crippen molar-refractivity contribution in [2.24, 2.45) is 0 Å². The lowest BCUT2D eigenvalue weighted by molar-refractivity contribution is 0.290. The molecular weight excluding hydrogens is 393 g/mol. The Kier molecular flexibility index (Phi) is 5.23. The smallest absolute Gasteiger partial charge is 0.245 e. The molecular formula is C21H22FN3O3S. The molecule has 1 aliphatic heterocycles. The lowest BCUT2D eigenvalue weighted by Crippen LogP contribution is -2.30. The van der Waals surface area contributed by atoms with Crippen LogP contribution in [0.3, 0.4) is 0 Å². The van der Waals surface area contributed by atoms with E-state index in [4.69, 9.17) is 4.52 Å². The number of hydrogen-bond donors (Lipinski definition) is 0. The molecule has 0 bridgehead atoms. The largest absolute Gasteiger partial charge is 0.337 e. The van der Waals surface area contributed by atoms with E-state index in [1.165, 1.54) is 16.4 Å². The molecule has 0 saturated carbocycles. The molecule has 1 aromatic heterocycles. The Morgan fingerprint density at radius 2 is 1.93 bits per heavy atom. The zero-order chi connectivity index (χ0) is 20.6. The lowest BCUT2D eigenvalue weighted by Gasteiger charge is -2.21. The zero-order valence-corrected chi connectivity index (χ0v) is 17.1. The quantitative estimate of drug-likeness (QED) is 0.612. The average Bonchev–Trinajstić information content (AvgIpc) is 3.37. The molecule has 0 amide bonds. The van der Waals surface area contributed by atoms with Gasteiger partial charge >= 0.3 is 0 Å². The van der Waals surface area contributed by atoms with Gasteiger partial charge in [-0.05, 0) is 48.6 Å². The van der Waals surface area contributed by atoms with E-state index in [0.717, 1.165) is 5.56 Å². The van der Waals surface area contributed by atoms with Gasteiger partial charge < -0.3 is 4.52 Å². The van der Waals surface area contributed by atoms with E-state index >= 15 is 0 Å². The van der Waals surface area contributed by atoms with Crippen molar-refractivity contribution in [3.63, 3.8) is 0 Å². The van der Waals surface area contributed by atoms with Crippen LogP contribution in [0, 0.1) is 5.82 Å². The highest BCUT2D eigenvalue weighted by atomic mass is 32.2. The van der Waals surface area contributed by atoms with Gasteiger partial charge in [0.05, 0.1) is 4.90 Å². The monoisotopic (exact) mass is 415 g/mol. The van der Waals surface area contributed by atoms with Gasteiger partial charge in [0.2, 0.25) is 21.7 Å². The number of sulfonamides is 1. The Hall–Kier alpha value is -2.58. The Morgan fingerprint density at radius 3 is 2.62 bits per heavy atom. The van der Waals surface area contributed by atoms with Crippen LogP contribution in [0.25, 0.3) is 11.4 Å². The Balaban J connectivity index is 1.62. The number of aromatic nitrogens is 2. The third kappa shape index (κ3) is 3.82. The normalized spacial score (nSPS) is 17.9. The average molecular weight is 415 g/mol. The van der Waals surface area contributed by atoms with Gasteiger partial charge in [-0.25, -0.2) is 12.8 Å². The summed E-state index contributed by atoms with van der Waals surface area (Å²) < 4.78 is 46.7. The molecule has 3 aromatic rings. The summed E-state index contributed by atoms with van der Waals surface area (Å²) in [7, 11) is -3.70. The van der Waals surface area contributed by atoms with E-state index in [0.29, 0.717) is 30.9 Å². The third-order valence-corrected chi connectivity index (χ3v) is 7.09. The SMILES string of the molecule is CC(C)c1ccc(S(=O)(=O)N2CCC[C@H]2c2nc(-c3cccc(F)c3)no2)cc1. The van der Waals surface area contributed by atoms with Crippen LogP contribution in [0.1, 0.15) is 50.1 Å². The fourth-order valence-electron chi connectivity index (χ4n) is 3.55. The molecule has 6 nitrogen and oxygen atoms in total. The van der Waals surface area contributed by atoms with Crippen LogP contribution in [0.4, 0.5) is 4.39 Å². The zero-order valence-electron chi connectivity index (χ0n) is 16.2. The molecule has 0 radical (unpaired) electrons. The van der Waals surface area contributed by atoms with Gasteiger partial charge in [-0.15, -0.1) is 0 Å². The fourth-order valence-corrected chi connectivity index (χ4v) is 5.20. The molecule has 1 atom stereocenters. The number of rotatable bonds is 5. The second-order valence-corrected chi connectivity index (χ2v) is 9.35. The van der Waals surface area contributed by atoms with Gasteiger partial charge in [-0.2, -0.15) is 9.29 Å². The molecule has 0 unspecified atom stereocenters. The van der Waals surface area contributed by atoms with Crippen molar-refractivity contribution in [2.75, 3.05) is 6.54 Å². The minimum absolute atomic E-state index is 0.226. The number of benzene rings is 2. The summed E-state index contributed by atoms with van der Waals surface area (Å²) in [4.78, 5) is 4.60. The first-order valence-electron chi connectivity index (χ1n) is 9.57. The summed E-state index contributed by atoms with van der Waals surface area (Å²) in [6.45, 7) is 4.51. The number of halogens is 1. The fraction of sp³-hybridized carbons (Fsp3) is 0.333. The Morgan fingerprint density at radius 1 is 1.17 bits per heavy atom. The molecule has 152 valence electrons. The van der Waals surface area contributed by atoms with Crippen molar-refractivity contribution in [2.45, 2.75) is 43.5 Å². The highest BCUT2D eigenvalue weighted by Crippen LogP contribution is 2.36. The predicted molar refractivity (Wildman–Crippen MR) is 106 cm³/mol. The first-order chi connectivity index (χ1) is 13.9. The maximum Gasteiger partial charge on any atom is 0.245 e. The predicted octanol–water partition coefficient (Wildman–Crippen LogP) is 4.52. The van der Waals surface area contributed by atoms with Crippen molar-refractivity contribution in [1.82, 2.24) is 14.4 Å². The van der Waals surface area contributed by atoms with Crippen LogP contribution in [0.2, 0.25) is 0 Å². The Bertz CT molecular complexity index is 1110. The van der Waals surface area contributed by atoms with Gasteiger partial charge in [0, 0.05) is 12.1 Å². The number of hydrogen-bond acceptors (Lipinski definition) is 5. The Labute approximate surface area is 169 Å². The standard InChI is InChI=1S/C21H22FN3O3S/c1-14(2)15-8-10-18(11-9-15)29(26,27)25-12-4-7-19(25)21-23-20(24-28-21)16-5-3-6-17(22)13-16/h3,5-6,8-11,13-14,19H,4,7,12H2,1-2H3/t19-/m0/s1. The summed E-state index contributed by atoms with van der Waals surface area (Å²) in [5.41, 5.74) is 1.57. The molecule has 1 fully saturated rings. The summed E-state index contributed by atoms with van der Waals surface area (Å²) in [6, 6.07) is 12.3. The van der Waals surface area contributed by atoms with Crippen molar-refractivity contribution in [3.8, 4) is 11.4 Å². The van der Waals surface area contributed by atoms with Gasteiger partial charge in [-0.1, -0.05) is 43.3 Å². The van der Waals surface area contributed by atoms with Crippen LogP contribution in [0.5, 0.6) is 0 Å². The van der Waals surface area contributed by atoms with E-state index in [9.17, 15) is 12.8 Å². The third-order valence-electron chi connectivity index (χ3n) is 5.17. The molecule has 4 rings (SSSR count). The van der Waals surface area contributed by atoms with Crippen LogP contribution in [0.15, 0.2) is 57.9 Å². The molecule has 2 aromatic carbocycles. The molecule has 1 saturated heterocycles. The molecule has 2 heterocycles. The minimum atomic E-state index is -3.70. The maximum absolute atomic E-state index is 13.5. The second kappa shape index (κ2) is 7.68. The molecule has 0 aliphatic carbocycles. The topological polar surface area (TPSA) is 76.3 Å².